The third-order valence-corrected chi connectivity index (χ3v) is 6.91. The molecular formula is C23H21BrClN5O3. The van der Waals surface area contributed by atoms with E-state index in [1.54, 1.807) is 4.68 Å². The zero-order valence-corrected chi connectivity index (χ0v) is 20.3. The monoisotopic (exact) mass is 529 g/mol. The number of aromatic nitrogens is 5. The summed E-state index contributed by atoms with van der Waals surface area (Å²) in [7, 11) is 1.86. The Labute approximate surface area is 203 Å². The van der Waals surface area contributed by atoms with Crippen molar-refractivity contribution in [2.75, 3.05) is 13.2 Å². The summed E-state index contributed by atoms with van der Waals surface area (Å²) in [6.45, 7) is 3.03. The number of halogens is 2. The first-order valence-electron chi connectivity index (χ1n) is 10.5. The first-order chi connectivity index (χ1) is 15.8. The van der Waals surface area contributed by atoms with Crippen LogP contribution in [0.25, 0.3) is 11.0 Å². The van der Waals surface area contributed by atoms with Gasteiger partial charge in [0.05, 0.1) is 30.5 Å². The van der Waals surface area contributed by atoms with Crippen LogP contribution in [0.5, 0.6) is 0 Å². The van der Waals surface area contributed by atoms with Crippen molar-refractivity contribution in [1.82, 2.24) is 24.5 Å². The van der Waals surface area contributed by atoms with Gasteiger partial charge in [0.2, 0.25) is 0 Å². The molecule has 0 saturated carbocycles. The summed E-state index contributed by atoms with van der Waals surface area (Å²) in [5.41, 5.74) is 5.49. The molecule has 2 aromatic carbocycles. The maximum Gasteiger partial charge on any atom is 0.356 e. The van der Waals surface area contributed by atoms with E-state index in [0.717, 1.165) is 27.7 Å². The molecule has 1 fully saturated rings. The average Bonchev–Trinajstić information content (AvgIpc) is 3.27. The van der Waals surface area contributed by atoms with Crippen LogP contribution in [0.4, 0.5) is 0 Å². The average molecular weight is 531 g/mol. The second-order valence-electron chi connectivity index (χ2n) is 8.28. The van der Waals surface area contributed by atoms with Crippen LogP contribution >= 0.6 is 27.5 Å². The van der Waals surface area contributed by atoms with Gasteiger partial charge in [-0.1, -0.05) is 35.0 Å². The second kappa shape index (κ2) is 8.55. The Morgan fingerprint density at radius 1 is 1.30 bits per heavy atom. The largest absolute Gasteiger partial charge is 0.476 e. The number of fused-ring (bicyclic) bond motifs is 1. The molecule has 170 valence electrons. The number of hydrogen-bond acceptors (Lipinski definition) is 5. The van der Waals surface area contributed by atoms with Crippen LogP contribution < -0.4 is 0 Å². The lowest BCUT2D eigenvalue weighted by molar-refractivity contribution is -0.0256. The molecule has 2 aromatic heterocycles. The van der Waals surface area contributed by atoms with Crippen LogP contribution in [0, 0.1) is 6.92 Å². The molecule has 0 bridgehead atoms. The Morgan fingerprint density at radius 2 is 2.03 bits per heavy atom. The fourth-order valence-corrected chi connectivity index (χ4v) is 5.20. The Kier molecular flexibility index (Phi) is 5.72. The molecule has 1 aliphatic heterocycles. The lowest BCUT2D eigenvalue weighted by Gasteiger charge is -2.32. The van der Waals surface area contributed by atoms with Crippen molar-refractivity contribution in [3.63, 3.8) is 0 Å². The predicted octanol–water partition coefficient (Wildman–Crippen LogP) is 4.53. The lowest BCUT2D eigenvalue weighted by atomic mass is 9.87. The van der Waals surface area contributed by atoms with E-state index in [2.05, 4.69) is 43.4 Å². The van der Waals surface area contributed by atoms with Crippen molar-refractivity contribution in [3.05, 3.63) is 74.2 Å². The number of carboxylic acid groups (broad SMARTS) is 1. The molecule has 33 heavy (non-hydrogen) atoms. The summed E-state index contributed by atoms with van der Waals surface area (Å²) in [6.07, 6.45) is 0.565. The molecule has 3 heterocycles. The van der Waals surface area contributed by atoms with Crippen molar-refractivity contribution in [2.24, 2.45) is 7.05 Å². The molecule has 5 rings (SSSR count). The minimum atomic E-state index is -1.06. The highest BCUT2D eigenvalue weighted by Crippen LogP contribution is 2.38. The molecule has 0 amide bonds. The van der Waals surface area contributed by atoms with Gasteiger partial charge in [0, 0.05) is 18.0 Å². The first kappa shape index (κ1) is 22.1. The van der Waals surface area contributed by atoms with E-state index in [4.69, 9.17) is 16.3 Å². The van der Waals surface area contributed by atoms with Crippen LogP contribution in [-0.4, -0.2) is 48.8 Å². The maximum atomic E-state index is 12.2. The highest BCUT2D eigenvalue weighted by Gasteiger charge is 2.34. The quantitative estimate of drug-likeness (QED) is 0.393. The Hall–Kier alpha value is -2.75. The van der Waals surface area contributed by atoms with Crippen molar-refractivity contribution in [2.45, 2.75) is 25.3 Å². The molecule has 1 N–H and O–H groups in total. The summed E-state index contributed by atoms with van der Waals surface area (Å²) in [5.74, 6) is -1.34. The number of benzene rings is 2. The van der Waals surface area contributed by atoms with Gasteiger partial charge in [0.25, 0.3) is 0 Å². The second-order valence-corrected chi connectivity index (χ2v) is 9.43. The van der Waals surface area contributed by atoms with Crippen LogP contribution in [0.1, 0.15) is 44.8 Å². The molecule has 1 saturated heterocycles. The number of rotatable bonds is 6. The van der Waals surface area contributed by atoms with E-state index >= 15 is 0 Å². The van der Waals surface area contributed by atoms with E-state index < -0.39 is 5.97 Å². The lowest BCUT2D eigenvalue weighted by Crippen LogP contribution is -2.33. The van der Waals surface area contributed by atoms with Crippen molar-refractivity contribution in [1.29, 1.82) is 0 Å². The Bertz CT molecular complexity index is 1360. The third-order valence-electron chi connectivity index (χ3n) is 6.10. The number of carbonyl (C=O) groups is 1. The highest BCUT2D eigenvalue weighted by molar-refractivity contribution is 9.10. The fraction of sp³-hybridized carbons (Fsp3) is 0.304. The smallest absolute Gasteiger partial charge is 0.356 e. The minimum Gasteiger partial charge on any atom is -0.476 e. The van der Waals surface area contributed by atoms with Crippen molar-refractivity contribution < 1.29 is 14.6 Å². The summed E-state index contributed by atoms with van der Waals surface area (Å²) in [5, 5.41) is 19.0. The van der Waals surface area contributed by atoms with Gasteiger partial charge in [0.15, 0.2) is 10.4 Å². The van der Waals surface area contributed by atoms with Gasteiger partial charge in [-0.2, -0.15) is 0 Å². The molecule has 1 aliphatic rings. The van der Waals surface area contributed by atoms with E-state index in [9.17, 15) is 9.90 Å². The number of hydrogen-bond donors (Lipinski definition) is 1. The summed E-state index contributed by atoms with van der Waals surface area (Å²) in [4.78, 5) is 16.6. The molecule has 0 aliphatic carbocycles. The SMILES string of the molecule is Cc1cc(CC(c2ccc(Cl)cc2)c2c(C(=O)O)nc(Br)n2C2COC2)cc2c1nnn2C. The molecular weight excluding hydrogens is 510 g/mol. The molecule has 1 atom stereocenters. The van der Waals surface area contributed by atoms with Gasteiger partial charge >= 0.3 is 5.97 Å². The van der Waals surface area contributed by atoms with Crippen LogP contribution in [-0.2, 0) is 18.2 Å². The van der Waals surface area contributed by atoms with Crippen molar-refractivity contribution >= 4 is 44.5 Å². The molecule has 0 spiro atoms. The molecule has 4 aromatic rings. The number of aryl methyl sites for hydroxylation is 2. The van der Waals surface area contributed by atoms with Crippen LogP contribution in [0.15, 0.2) is 41.1 Å². The summed E-state index contributed by atoms with van der Waals surface area (Å²) in [6, 6.07) is 11.7. The standard InChI is InChI=1S/C23H21BrClN5O3/c1-12-7-13(9-18-19(12)27-28-29(18)2)8-17(14-3-5-15(25)6-4-14)21-20(22(31)32)26-23(24)30(21)16-10-33-11-16/h3-7,9,16-17H,8,10-11H2,1-2H3,(H,31,32). The first-order valence-corrected chi connectivity index (χ1v) is 11.6. The zero-order chi connectivity index (χ0) is 23.3. The zero-order valence-electron chi connectivity index (χ0n) is 18.0. The number of nitrogens with zero attached hydrogens (tertiary/aromatic N) is 5. The molecule has 8 nitrogen and oxygen atoms in total. The van der Waals surface area contributed by atoms with Gasteiger partial charge in [-0.25, -0.2) is 14.5 Å². The van der Waals surface area contributed by atoms with Gasteiger partial charge in [-0.3, -0.25) is 0 Å². The number of aromatic carboxylic acids is 1. The maximum absolute atomic E-state index is 12.2. The fourth-order valence-electron chi connectivity index (χ4n) is 4.42. The van der Waals surface area contributed by atoms with E-state index in [-0.39, 0.29) is 17.7 Å². The summed E-state index contributed by atoms with van der Waals surface area (Å²) >= 11 is 9.65. The third kappa shape index (κ3) is 3.94. The van der Waals surface area contributed by atoms with E-state index in [1.807, 2.05) is 42.8 Å². The van der Waals surface area contributed by atoms with Gasteiger partial charge in [-0.05, 0) is 64.2 Å². The van der Waals surface area contributed by atoms with Crippen molar-refractivity contribution in [3.8, 4) is 0 Å². The number of ether oxygens (including phenoxy) is 1. The Morgan fingerprint density at radius 3 is 2.67 bits per heavy atom. The Balaban J connectivity index is 1.69. The van der Waals surface area contributed by atoms with E-state index in [0.29, 0.717) is 35.1 Å². The molecule has 0 radical (unpaired) electrons. The molecule has 10 heteroatoms. The number of carboxylic acids is 1. The van der Waals surface area contributed by atoms with Crippen LogP contribution in [0.3, 0.4) is 0 Å². The number of imidazole rings is 1. The van der Waals surface area contributed by atoms with E-state index in [1.165, 1.54) is 0 Å². The summed E-state index contributed by atoms with van der Waals surface area (Å²) < 4.78 is 9.61. The molecule has 1 unspecified atom stereocenters. The van der Waals surface area contributed by atoms with Gasteiger partial charge in [0.1, 0.15) is 5.52 Å². The predicted molar refractivity (Wildman–Crippen MR) is 127 cm³/mol. The van der Waals surface area contributed by atoms with Crippen LogP contribution in [0.2, 0.25) is 5.02 Å². The normalized spacial score (nSPS) is 15.0. The topological polar surface area (TPSA) is 95.1 Å². The van der Waals surface area contributed by atoms with Gasteiger partial charge in [-0.15, -0.1) is 5.10 Å². The van der Waals surface area contributed by atoms with Gasteiger partial charge < -0.3 is 14.4 Å². The minimum absolute atomic E-state index is 0.0234. The highest BCUT2D eigenvalue weighted by atomic mass is 79.9.